The van der Waals surface area contributed by atoms with Crippen LogP contribution >= 0.6 is 11.8 Å². The average Bonchev–Trinajstić information content (AvgIpc) is 2.35. The lowest BCUT2D eigenvalue weighted by molar-refractivity contribution is 0.0697. The first kappa shape index (κ1) is 13.9. The van der Waals surface area contributed by atoms with Crippen LogP contribution in [0.25, 0.3) is 0 Å². The maximum atomic E-state index is 9.92. The van der Waals surface area contributed by atoms with Crippen LogP contribution in [0.3, 0.4) is 0 Å². The molecule has 1 rings (SSSR count). The summed E-state index contributed by atoms with van der Waals surface area (Å²) in [7, 11) is 0. The van der Waals surface area contributed by atoms with E-state index in [-0.39, 0.29) is 0 Å². The summed E-state index contributed by atoms with van der Waals surface area (Å²) in [4.78, 5) is 0.952. The van der Waals surface area contributed by atoms with Gasteiger partial charge in [0.05, 0.1) is 16.9 Å². The van der Waals surface area contributed by atoms with Crippen molar-refractivity contribution in [1.82, 2.24) is 0 Å². The highest BCUT2D eigenvalue weighted by Crippen LogP contribution is 2.26. The maximum absolute atomic E-state index is 9.92. The molecule has 2 N–H and O–H groups in total. The summed E-state index contributed by atoms with van der Waals surface area (Å²) >= 11 is 1.55. The molecule has 0 spiro atoms. The summed E-state index contributed by atoms with van der Waals surface area (Å²) in [5, 5.41) is 22.2. The largest absolute Gasteiger partial charge is 0.388 e. The van der Waals surface area contributed by atoms with Crippen molar-refractivity contribution in [3.63, 3.8) is 0 Å². The van der Waals surface area contributed by atoms with Gasteiger partial charge in [-0.2, -0.15) is 5.26 Å². The molecular weight excluding hydrogens is 232 g/mol. The van der Waals surface area contributed by atoms with E-state index in [4.69, 9.17) is 5.26 Å². The molecule has 0 saturated heterocycles. The molecule has 0 aromatic heterocycles. The molecule has 0 radical (unpaired) electrons. The lowest BCUT2D eigenvalue weighted by Crippen LogP contribution is -2.32. The quantitative estimate of drug-likeness (QED) is 0.789. The van der Waals surface area contributed by atoms with Gasteiger partial charge in [-0.05, 0) is 31.7 Å². The molecule has 3 nitrogen and oxygen atoms in total. The number of thioether (sulfide) groups is 1. The van der Waals surface area contributed by atoms with Gasteiger partial charge in [0.1, 0.15) is 6.07 Å². The smallest absolute Gasteiger partial charge is 0.102 e. The predicted octanol–water partition coefficient (Wildman–Crippen LogP) is 2.85. The molecule has 1 aromatic carbocycles. The lowest BCUT2D eigenvalue weighted by Gasteiger charge is -2.22. The average molecular weight is 250 g/mol. The maximum Gasteiger partial charge on any atom is 0.102 e. The SMILES string of the molecule is CCC(C)(O)CNc1cccc(SC)c1C#N. The molecule has 0 aliphatic rings. The van der Waals surface area contributed by atoms with Gasteiger partial charge in [0.15, 0.2) is 0 Å². The van der Waals surface area contributed by atoms with E-state index in [2.05, 4.69) is 11.4 Å². The number of benzene rings is 1. The Bertz CT molecular complexity index is 424. The zero-order valence-electron chi connectivity index (χ0n) is 10.4. The van der Waals surface area contributed by atoms with E-state index in [0.717, 1.165) is 10.6 Å². The number of rotatable bonds is 5. The first-order valence-corrected chi connectivity index (χ1v) is 6.80. The molecule has 0 fully saturated rings. The normalized spacial score (nSPS) is 13.8. The van der Waals surface area contributed by atoms with Crippen LogP contribution in [0.2, 0.25) is 0 Å². The van der Waals surface area contributed by atoms with Crippen molar-refractivity contribution in [2.75, 3.05) is 18.1 Å². The van der Waals surface area contributed by atoms with E-state index in [9.17, 15) is 5.11 Å². The second-order valence-electron chi connectivity index (χ2n) is 4.20. The fourth-order valence-corrected chi connectivity index (χ4v) is 1.95. The van der Waals surface area contributed by atoms with Gasteiger partial charge in [-0.25, -0.2) is 0 Å². The van der Waals surface area contributed by atoms with E-state index in [1.807, 2.05) is 31.4 Å². The van der Waals surface area contributed by atoms with Crippen LogP contribution in [-0.4, -0.2) is 23.5 Å². The Labute approximate surface area is 107 Å². The molecular formula is C13H18N2OS. The minimum Gasteiger partial charge on any atom is -0.388 e. The molecule has 1 unspecified atom stereocenters. The number of nitrogens with zero attached hydrogens (tertiary/aromatic N) is 1. The number of hydrogen-bond donors (Lipinski definition) is 2. The standard InChI is InChI=1S/C13H18N2OS/c1-4-13(2,16)9-15-11-6-5-7-12(17-3)10(11)8-14/h5-7,15-16H,4,9H2,1-3H3. The summed E-state index contributed by atoms with van der Waals surface area (Å²) < 4.78 is 0. The third-order valence-corrected chi connectivity index (χ3v) is 3.56. The summed E-state index contributed by atoms with van der Waals surface area (Å²) in [6.07, 6.45) is 2.62. The van der Waals surface area contributed by atoms with Crippen molar-refractivity contribution in [3.8, 4) is 6.07 Å². The van der Waals surface area contributed by atoms with Gasteiger partial charge in [-0.1, -0.05) is 13.0 Å². The van der Waals surface area contributed by atoms with Crippen LogP contribution in [0, 0.1) is 11.3 Å². The summed E-state index contributed by atoms with van der Waals surface area (Å²) in [5.74, 6) is 0. The molecule has 92 valence electrons. The van der Waals surface area contributed by atoms with Gasteiger partial charge in [-0.3, -0.25) is 0 Å². The predicted molar refractivity (Wildman–Crippen MR) is 72.3 cm³/mol. The zero-order valence-corrected chi connectivity index (χ0v) is 11.3. The first-order valence-electron chi connectivity index (χ1n) is 5.57. The Morgan fingerprint density at radius 1 is 1.53 bits per heavy atom. The monoisotopic (exact) mass is 250 g/mol. The van der Waals surface area contributed by atoms with E-state index in [0.29, 0.717) is 18.5 Å². The lowest BCUT2D eigenvalue weighted by atomic mass is 10.0. The molecule has 0 heterocycles. The summed E-state index contributed by atoms with van der Waals surface area (Å²) in [5.41, 5.74) is 0.683. The van der Waals surface area contributed by atoms with Crippen LogP contribution in [0.5, 0.6) is 0 Å². The molecule has 0 saturated carbocycles. The topological polar surface area (TPSA) is 56.0 Å². The Kier molecular flexibility index (Phi) is 4.86. The Morgan fingerprint density at radius 2 is 2.24 bits per heavy atom. The van der Waals surface area contributed by atoms with Crippen molar-refractivity contribution in [2.24, 2.45) is 0 Å². The van der Waals surface area contributed by atoms with Crippen molar-refractivity contribution in [3.05, 3.63) is 23.8 Å². The van der Waals surface area contributed by atoms with Crippen LogP contribution < -0.4 is 5.32 Å². The van der Waals surface area contributed by atoms with Gasteiger partial charge in [0.25, 0.3) is 0 Å². The summed E-state index contributed by atoms with van der Waals surface area (Å²) in [6, 6.07) is 7.90. The Balaban J connectivity index is 2.89. The molecule has 0 bridgehead atoms. The number of hydrogen-bond acceptors (Lipinski definition) is 4. The molecule has 4 heteroatoms. The van der Waals surface area contributed by atoms with Crippen LogP contribution in [-0.2, 0) is 0 Å². The number of aliphatic hydroxyl groups is 1. The molecule has 0 aliphatic carbocycles. The van der Waals surface area contributed by atoms with Crippen LogP contribution in [0.15, 0.2) is 23.1 Å². The molecule has 0 amide bonds. The van der Waals surface area contributed by atoms with Gasteiger partial charge >= 0.3 is 0 Å². The second kappa shape index (κ2) is 5.95. The van der Waals surface area contributed by atoms with Gasteiger partial charge in [0.2, 0.25) is 0 Å². The highest BCUT2D eigenvalue weighted by atomic mass is 32.2. The second-order valence-corrected chi connectivity index (χ2v) is 5.05. The van der Waals surface area contributed by atoms with E-state index >= 15 is 0 Å². The summed E-state index contributed by atoms with van der Waals surface area (Å²) in [6.45, 7) is 4.16. The fraction of sp³-hybridized carbons (Fsp3) is 0.462. The minimum absolute atomic E-state index is 0.440. The van der Waals surface area contributed by atoms with Gasteiger partial charge in [-0.15, -0.1) is 11.8 Å². The number of nitriles is 1. The highest BCUT2D eigenvalue weighted by molar-refractivity contribution is 7.98. The third kappa shape index (κ3) is 3.65. The Hall–Kier alpha value is -1.18. The third-order valence-electron chi connectivity index (χ3n) is 2.78. The number of anilines is 1. The molecule has 17 heavy (non-hydrogen) atoms. The van der Waals surface area contributed by atoms with E-state index < -0.39 is 5.60 Å². The van der Waals surface area contributed by atoms with E-state index in [1.54, 1.807) is 18.7 Å². The fourth-order valence-electron chi connectivity index (χ4n) is 1.37. The highest BCUT2D eigenvalue weighted by Gasteiger charge is 2.18. The van der Waals surface area contributed by atoms with Crippen molar-refractivity contribution < 1.29 is 5.11 Å². The van der Waals surface area contributed by atoms with E-state index in [1.165, 1.54) is 0 Å². The molecule has 1 aromatic rings. The van der Waals surface area contributed by atoms with Crippen LogP contribution in [0.1, 0.15) is 25.8 Å². The zero-order chi connectivity index (χ0) is 12.9. The first-order chi connectivity index (χ1) is 8.04. The minimum atomic E-state index is -0.748. The molecule has 0 aliphatic heterocycles. The molecule has 1 atom stereocenters. The Morgan fingerprint density at radius 3 is 2.76 bits per heavy atom. The number of nitrogens with one attached hydrogen (secondary N) is 1. The van der Waals surface area contributed by atoms with Gasteiger partial charge in [0, 0.05) is 11.4 Å². The van der Waals surface area contributed by atoms with Crippen molar-refractivity contribution >= 4 is 17.4 Å². The van der Waals surface area contributed by atoms with Gasteiger partial charge < -0.3 is 10.4 Å². The van der Waals surface area contributed by atoms with Crippen molar-refractivity contribution in [2.45, 2.75) is 30.8 Å². The van der Waals surface area contributed by atoms with Crippen molar-refractivity contribution in [1.29, 1.82) is 5.26 Å². The van der Waals surface area contributed by atoms with Crippen LogP contribution in [0.4, 0.5) is 5.69 Å².